The Morgan fingerprint density at radius 1 is 1.03 bits per heavy atom. The van der Waals surface area contributed by atoms with Crippen molar-refractivity contribution in [3.05, 3.63) is 60.1 Å². The number of benzene rings is 2. The first-order chi connectivity index (χ1) is 15.8. The first-order valence-corrected chi connectivity index (χ1v) is 10.0. The summed E-state index contributed by atoms with van der Waals surface area (Å²) in [7, 11) is 3.11. The molecule has 0 N–H and O–H groups in total. The Labute approximate surface area is 187 Å². The Bertz CT molecular complexity index is 1210. The van der Waals surface area contributed by atoms with E-state index in [9.17, 15) is 18.0 Å². The molecule has 0 spiro atoms. The van der Waals surface area contributed by atoms with Crippen molar-refractivity contribution in [1.29, 1.82) is 0 Å². The number of ether oxygens (including phenoxy) is 3. The molecule has 0 saturated heterocycles. The summed E-state index contributed by atoms with van der Waals surface area (Å²) in [6.07, 6.45) is -0.824. The lowest BCUT2D eigenvalue weighted by atomic mass is 10.00. The fourth-order valence-corrected chi connectivity index (χ4v) is 3.69. The molecule has 0 radical (unpaired) electrons. The third-order valence-electron chi connectivity index (χ3n) is 5.28. The molecule has 1 aromatic heterocycles. The van der Waals surface area contributed by atoms with Crippen LogP contribution in [0.25, 0.3) is 16.5 Å². The third kappa shape index (κ3) is 4.84. The second kappa shape index (κ2) is 8.97. The van der Waals surface area contributed by atoms with Crippen LogP contribution in [-0.4, -0.2) is 54.4 Å². The van der Waals surface area contributed by atoms with Crippen LogP contribution in [0.1, 0.15) is 22.5 Å². The number of amides is 1. The van der Waals surface area contributed by atoms with Crippen molar-refractivity contribution in [2.24, 2.45) is 0 Å². The molecule has 2 aromatic carbocycles. The molecule has 172 valence electrons. The van der Waals surface area contributed by atoms with Crippen molar-refractivity contribution in [3.8, 4) is 17.2 Å². The zero-order valence-corrected chi connectivity index (χ0v) is 17.8. The van der Waals surface area contributed by atoms with Gasteiger partial charge in [-0.3, -0.25) is 4.79 Å². The molecule has 0 unspecified atom stereocenters. The summed E-state index contributed by atoms with van der Waals surface area (Å²) in [6, 6.07) is 8.50. The first-order valence-electron chi connectivity index (χ1n) is 10.0. The Morgan fingerprint density at radius 2 is 1.73 bits per heavy atom. The van der Waals surface area contributed by atoms with Crippen LogP contribution in [0.2, 0.25) is 0 Å². The number of fused-ring (bicyclic) bond motifs is 1. The summed E-state index contributed by atoms with van der Waals surface area (Å²) >= 11 is 0. The second-order valence-corrected chi connectivity index (χ2v) is 7.25. The third-order valence-corrected chi connectivity index (χ3v) is 5.28. The van der Waals surface area contributed by atoms with E-state index in [0.717, 1.165) is 28.8 Å². The van der Waals surface area contributed by atoms with Crippen LogP contribution < -0.4 is 14.2 Å². The van der Waals surface area contributed by atoms with Crippen LogP contribution in [0, 0.1) is 0 Å². The molecule has 0 fully saturated rings. The summed E-state index contributed by atoms with van der Waals surface area (Å²) in [6.45, 7) is 0.776. The largest absolute Gasteiger partial charge is 0.573 e. The summed E-state index contributed by atoms with van der Waals surface area (Å²) in [5.41, 5.74) is 2.71. The van der Waals surface area contributed by atoms with Crippen LogP contribution in [0.5, 0.6) is 17.2 Å². The van der Waals surface area contributed by atoms with Gasteiger partial charge in [-0.1, -0.05) is 6.08 Å². The topological polar surface area (TPSA) is 73.8 Å². The highest BCUT2D eigenvalue weighted by Crippen LogP contribution is 2.35. The summed E-state index contributed by atoms with van der Waals surface area (Å²) < 4.78 is 51.5. The average molecular weight is 459 g/mol. The summed E-state index contributed by atoms with van der Waals surface area (Å²) in [5, 5.41) is 0.807. The van der Waals surface area contributed by atoms with E-state index in [4.69, 9.17) is 9.47 Å². The molecule has 7 nitrogen and oxygen atoms in total. The second-order valence-electron chi connectivity index (χ2n) is 7.25. The van der Waals surface area contributed by atoms with E-state index in [2.05, 4.69) is 14.7 Å². The molecule has 2 heterocycles. The van der Waals surface area contributed by atoms with Crippen LogP contribution in [0.3, 0.4) is 0 Å². The highest BCUT2D eigenvalue weighted by atomic mass is 19.4. The van der Waals surface area contributed by atoms with E-state index in [1.165, 1.54) is 18.5 Å². The molecule has 10 heteroatoms. The molecule has 4 rings (SSSR count). The summed E-state index contributed by atoms with van der Waals surface area (Å²) in [4.78, 5) is 23.2. The standard InChI is InChI=1S/C23H20F3N3O4/c1-31-19-11-17-18(12-20(19)32-2)27-13-28-21(17)14-7-9-29(10-8-14)22(30)15-3-5-16(6-4-15)33-23(24,25)26/h3-7,11-13H,8-10H2,1-2H3. The number of methoxy groups -OCH3 is 2. The molecule has 33 heavy (non-hydrogen) atoms. The predicted octanol–water partition coefficient (Wildman–Crippen LogP) is 4.48. The van der Waals surface area contributed by atoms with Crippen LogP contribution >= 0.6 is 0 Å². The molecule has 1 amide bonds. The monoisotopic (exact) mass is 459 g/mol. The Balaban J connectivity index is 1.53. The van der Waals surface area contributed by atoms with E-state index in [1.807, 2.05) is 12.1 Å². The molecule has 0 saturated carbocycles. The van der Waals surface area contributed by atoms with E-state index in [0.29, 0.717) is 36.5 Å². The lowest BCUT2D eigenvalue weighted by Gasteiger charge is -2.27. The maximum absolute atomic E-state index is 12.8. The van der Waals surface area contributed by atoms with Crippen LogP contribution in [0.15, 0.2) is 48.8 Å². The van der Waals surface area contributed by atoms with Gasteiger partial charge < -0.3 is 19.1 Å². The number of alkyl halides is 3. The van der Waals surface area contributed by atoms with Crippen LogP contribution in [0.4, 0.5) is 13.2 Å². The molecular formula is C23H20F3N3O4. The number of carbonyl (C=O) groups is 1. The first kappa shape index (κ1) is 22.4. The zero-order chi connectivity index (χ0) is 23.6. The van der Waals surface area contributed by atoms with Crippen molar-refractivity contribution in [2.75, 3.05) is 27.3 Å². The maximum atomic E-state index is 12.8. The van der Waals surface area contributed by atoms with Gasteiger partial charge in [0.05, 0.1) is 25.4 Å². The number of nitrogens with zero attached hydrogens (tertiary/aromatic N) is 3. The van der Waals surface area contributed by atoms with Gasteiger partial charge in [-0.25, -0.2) is 9.97 Å². The van der Waals surface area contributed by atoms with Crippen molar-refractivity contribution in [1.82, 2.24) is 14.9 Å². The smallest absolute Gasteiger partial charge is 0.493 e. The fraction of sp³-hybridized carbons (Fsp3) is 0.261. The lowest BCUT2D eigenvalue weighted by Crippen LogP contribution is -2.34. The number of hydrogen-bond acceptors (Lipinski definition) is 6. The molecular weight excluding hydrogens is 439 g/mol. The van der Waals surface area contributed by atoms with E-state index >= 15 is 0 Å². The van der Waals surface area contributed by atoms with Crippen LogP contribution in [-0.2, 0) is 0 Å². The predicted molar refractivity (Wildman–Crippen MR) is 114 cm³/mol. The van der Waals surface area contributed by atoms with Crippen molar-refractivity contribution < 1.29 is 32.2 Å². The highest BCUT2D eigenvalue weighted by molar-refractivity contribution is 5.96. The van der Waals surface area contributed by atoms with Crippen molar-refractivity contribution >= 4 is 22.4 Å². The van der Waals surface area contributed by atoms with Gasteiger partial charge >= 0.3 is 6.36 Å². The number of rotatable bonds is 5. The Kier molecular flexibility index (Phi) is 6.08. The molecule has 0 bridgehead atoms. The van der Waals surface area contributed by atoms with E-state index in [-0.39, 0.29) is 17.2 Å². The van der Waals surface area contributed by atoms with E-state index < -0.39 is 6.36 Å². The minimum Gasteiger partial charge on any atom is -0.493 e. The normalized spacial score (nSPS) is 14.1. The number of hydrogen-bond donors (Lipinski definition) is 0. The summed E-state index contributed by atoms with van der Waals surface area (Å²) in [5.74, 6) is 0.480. The van der Waals surface area contributed by atoms with Gasteiger partial charge in [0.1, 0.15) is 12.1 Å². The van der Waals surface area contributed by atoms with Gasteiger partial charge in [0, 0.05) is 30.1 Å². The average Bonchev–Trinajstić information content (AvgIpc) is 2.82. The number of halogens is 3. The highest BCUT2D eigenvalue weighted by Gasteiger charge is 2.31. The van der Waals surface area contributed by atoms with Gasteiger partial charge in [0.2, 0.25) is 0 Å². The molecule has 1 aliphatic rings. The molecule has 0 atom stereocenters. The maximum Gasteiger partial charge on any atom is 0.573 e. The van der Waals surface area contributed by atoms with Gasteiger partial charge in [0.15, 0.2) is 11.5 Å². The zero-order valence-electron chi connectivity index (χ0n) is 17.8. The van der Waals surface area contributed by atoms with Gasteiger partial charge in [-0.05, 0) is 42.3 Å². The molecule has 3 aromatic rings. The minimum absolute atomic E-state index is 0.275. The SMILES string of the molecule is COc1cc2ncnc(C3=CCN(C(=O)c4ccc(OC(F)(F)F)cc4)CC3)c2cc1OC. The Hall–Kier alpha value is -3.82. The quantitative estimate of drug-likeness (QED) is 0.561. The van der Waals surface area contributed by atoms with E-state index in [1.54, 1.807) is 25.2 Å². The lowest BCUT2D eigenvalue weighted by molar-refractivity contribution is -0.274. The number of aromatic nitrogens is 2. The van der Waals surface area contributed by atoms with Crippen molar-refractivity contribution in [3.63, 3.8) is 0 Å². The minimum atomic E-state index is -4.78. The van der Waals surface area contributed by atoms with Gasteiger partial charge in [-0.2, -0.15) is 0 Å². The number of carbonyl (C=O) groups excluding carboxylic acids is 1. The van der Waals surface area contributed by atoms with Crippen molar-refractivity contribution in [2.45, 2.75) is 12.8 Å². The van der Waals surface area contributed by atoms with Gasteiger partial charge in [0.25, 0.3) is 5.91 Å². The fourth-order valence-electron chi connectivity index (χ4n) is 3.69. The Morgan fingerprint density at radius 3 is 2.33 bits per heavy atom. The van der Waals surface area contributed by atoms with Gasteiger partial charge in [-0.15, -0.1) is 13.2 Å². The molecule has 0 aliphatic carbocycles. The molecule has 1 aliphatic heterocycles.